The lowest BCUT2D eigenvalue weighted by Gasteiger charge is -2.21. The van der Waals surface area contributed by atoms with Crippen LogP contribution < -0.4 is 5.32 Å². The van der Waals surface area contributed by atoms with Crippen LogP contribution in [0.1, 0.15) is 23.1 Å². The van der Waals surface area contributed by atoms with Crippen LogP contribution in [0.2, 0.25) is 0 Å². The van der Waals surface area contributed by atoms with Gasteiger partial charge in [-0.2, -0.15) is 5.10 Å². The lowest BCUT2D eigenvalue weighted by Crippen LogP contribution is -2.44. The number of hydrogen-bond acceptors (Lipinski definition) is 5. The number of nitrogens with zero attached hydrogens (tertiary/aromatic N) is 3. The molecule has 23 heavy (non-hydrogen) atoms. The first-order valence-electron chi connectivity index (χ1n) is 7.58. The number of nitrogens with one attached hydrogen (secondary N) is 1. The summed E-state index contributed by atoms with van der Waals surface area (Å²) in [6.45, 7) is 4.97. The Morgan fingerprint density at radius 2 is 2.17 bits per heavy atom. The van der Waals surface area contributed by atoms with E-state index in [2.05, 4.69) is 10.4 Å². The molecule has 0 aliphatic carbocycles. The molecule has 9 heteroatoms. The van der Waals surface area contributed by atoms with Gasteiger partial charge in [-0.3, -0.25) is 9.48 Å². The minimum atomic E-state index is -3.34. The molecule has 1 amide bonds. The van der Waals surface area contributed by atoms with Crippen molar-refractivity contribution >= 4 is 15.9 Å². The van der Waals surface area contributed by atoms with Crippen molar-refractivity contribution in [3.8, 4) is 0 Å². The quantitative estimate of drug-likeness (QED) is 0.774. The van der Waals surface area contributed by atoms with Crippen molar-refractivity contribution in [1.82, 2.24) is 19.4 Å². The second kappa shape index (κ2) is 6.98. The number of ether oxygens (including phenoxy) is 1. The number of hydrogen-bond donors (Lipinski definition) is 1. The van der Waals surface area contributed by atoms with Crippen LogP contribution in [-0.2, 0) is 21.3 Å². The van der Waals surface area contributed by atoms with Crippen molar-refractivity contribution < 1.29 is 17.9 Å². The molecule has 1 fully saturated rings. The van der Waals surface area contributed by atoms with E-state index in [1.807, 2.05) is 13.8 Å². The summed E-state index contributed by atoms with van der Waals surface area (Å²) in [6.07, 6.45) is 0. The fourth-order valence-electron chi connectivity index (χ4n) is 2.55. The van der Waals surface area contributed by atoms with Crippen LogP contribution in [0.5, 0.6) is 0 Å². The zero-order valence-electron chi connectivity index (χ0n) is 13.9. The summed E-state index contributed by atoms with van der Waals surface area (Å²) in [6, 6.07) is 1.40. The number of amides is 1. The lowest BCUT2D eigenvalue weighted by molar-refractivity contribution is 0.0915. The molecule has 1 aliphatic rings. The van der Waals surface area contributed by atoms with E-state index < -0.39 is 10.0 Å². The second-order valence-corrected chi connectivity index (χ2v) is 8.15. The van der Waals surface area contributed by atoms with Gasteiger partial charge < -0.3 is 10.1 Å². The van der Waals surface area contributed by atoms with Gasteiger partial charge >= 0.3 is 0 Å². The molecular formula is C14H24N4O4S. The van der Waals surface area contributed by atoms with Gasteiger partial charge in [0.15, 0.2) is 0 Å². The molecule has 8 nitrogen and oxygen atoms in total. The van der Waals surface area contributed by atoms with Gasteiger partial charge in [0, 0.05) is 26.6 Å². The molecule has 0 unspecified atom stereocenters. The minimum Gasteiger partial charge on any atom is -0.379 e. The van der Waals surface area contributed by atoms with Gasteiger partial charge in [0.1, 0.15) is 5.69 Å². The molecular weight excluding hydrogens is 320 g/mol. The monoisotopic (exact) mass is 344 g/mol. The van der Waals surface area contributed by atoms with Gasteiger partial charge in [-0.25, -0.2) is 12.7 Å². The van der Waals surface area contributed by atoms with Crippen LogP contribution in [0.15, 0.2) is 6.07 Å². The van der Waals surface area contributed by atoms with E-state index in [1.54, 1.807) is 10.7 Å². The molecule has 0 radical (unpaired) electrons. The normalized spacial score (nSPS) is 21.8. The van der Waals surface area contributed by atoms with E-state index in [0.29, 0.717) is 25.5 Å². The third-order valence-electron chi connectivity index (χ3n) is 3.93. The maximum Gasteiger partial charge on any atom is 0.269 e. The van der Waals surface area contributed by atoms with Crippen molar-refractivity contribution in [3.05, 3.63) is 17.5 Å². The van der Waals surface area contributed by atoms with Crippen molar-refractivity contribution in [3.63, 3.8) is 0 Å². The van der Waals surface area contributed by atoms with Gasteiger partial charge in [0.05, 0.1) is 30.7 Å². The summed E-state index contributed by atoms with van der Waals surface area (Å²) in [5, 5.41) is 7.14. The summed E-state index contributed by atoms with van der Waals surface area (Å²) < 4.78 is 32.3. The first kappa shape index (κ1) is 17.9. The molecule has 1 aromatic rings. The largest absolute Gasteiger partial charge is 0.379 e. The predicted octanol–water partition coefficient (Wildman–Crippen LogP) is -0.152. The first-order valence-corrected chi connectivity index (χ1v) is 9.18. The maximum atomic E-state index is 12.5. The average molecular weight is 344 g/mol. The average Bonchev–Trinajstić information content (AvgIpc) is 3.05. The van der Waals surface area contributed by atoms with Crippen molar-refractivity contribution in [2.45, 2.75) is 26.4 Å². The Morgan fingerprint density at radius 3 is 2.78 bits per heavy atom. The number of carbonyl (C=O) groups excluding carboxylic acids is 1. The van der Waals surface area contributed by atoms with Gasteiger partial charge in [0.25, 0.3) is 5.91 Å². The molecule has 130 valence electrons. The van der Waals surface area contributed by atoms with E-state index in [1.165, 1.54) is 18.4 Å². The standard InChI is InChI=1S/C14H24N4O4S/c1-5-18-13(6-10(2)16-18)14(19)15-12-8-22-7-11(12)9-23(20,21)17(3)4/h6,11-12H,5,7-9H2,1-4H3,(H,15,19)/t11-,12-/m0/s1. The van der Waals surface area contributed by atoms with E-state index in [-0.39, 0.29) is 23.6 Å². The van der Waals surface area contributed by atoms with Gasteiger partial charge in [-0.15, -0.1) is 0 Å². The van der Waals surface area contributed by atoms with Gasteiger partial charge in [-0.05, 0) is 19.9 Å². The SMILES string of the molecule is CCn1nc(C)cc1C(=O)N[C@H]1COC[C@H]1CS(=O)(=O)N(C)C. The molecule has 1 N–H and O–H groups in total. The van der Waals surface area contributed by atoms with E-state index >= 15 is 0 Å². The minimum absolute atomic E-state index is 0.0446. The van der Waals surface area contributed by atoms with Gasteiger partial charge in [0.2, 0.25) is 10.0 Å². The molecule has 0 spiro atoms. The molecule has 0 saturated carbocycles. The highest BCUT2D eigenvalue weighted by Gasteiger charge is 2.34. The highest BCUT2D eigenvalue weighted by atomic mass is 32.2. The molecule has 2 rings (SSSR count). The van der Waals surface area contributed by atoms with Crippen LogP contribution in [0.4, 0.5) is 0 Å². The summed E-state index contributed by atoms with van der Waals surface area (Å²) in [5.41, 5.74) is 1.25. The van der Waals surface area contributed by atoms with Crippen LogP contribution in [0.25, 0.3) is 0 Å². The number of aryl methyl sites for hydroxylation is 2. The van der Waals surface area contributed by atoms with Crippen LogP contribution in [0.3, 0.4) is 0 Å². The molecule has 1 aromatic heterocycles. The molecule has 2 atom stereocenters. The third-order valence-corrected chi connectivity index (χ3v) is 5.89. The van der Waals surface area contributed by atoms with Crippen LogP contribution in [-0.4, -0.2) is 67.5 Å². The number of rotatable bonds is 6. The zero-order valence-corrected chi connectivity index (χ0v) is 14.8. The van der Waals surface area contributed by atoms with E-state index in [9.17, 15) is 13.2 Å². The number of aromatic nitrogens is 2. The Balaban J connectivity index is 2.08. The summed E-state index contributed by atoms with van der Waals surface area (Å²) in [4.78, 5) is 12.5. The third kappa shape index (κ3) is 4.10. The lowest BCUT2D eigenvalue weighted by atomic mass is 10.1. The Morgan fingerprint density at radius 1 is 1.48 bits per heavy atom. The summed E-state index contributed by atoms with van der Waals surface area (Å²) in [7, 11) is -0.337. The maximum absolute atomic E-state index is 12.5. The summed E-state index contributed by atoms with van der Waals surface area (Å²) >= 11 is 0. The fraction of sp³-hybridized carbons (Fsp3) is 0.714. The zero-order chi connectivity index (χ0) is 17.2. The van der Waals surface area contributed by atoms with Crippen molar-refractivity contribution in [2.75, 3.05) is 33.1 Å². The second-order valence-electron chi connectivity index (χ2n) is 5.93. The number of carbonyl (C=O) groups is 1. The smallest absolute Gasteiger partial charge is 0.269 e. The topological polar surface area (TPSA) is 93.5 Å². The predicted molar refractivity (Wildman–Crippen MR) is 85.7 cm³/mol. The van der Waals surface area contributed by atoms with E-state index in [0.717, 1.165) is 5.69 Å². The van der Waals surface area contributed by atoms with Crippen molar-refractivity contribution in [2.24, 2.45) is 5.92 Å². The molecule has 1 saturated heterocycles. The van der Waals surface area contributed by atoms with Crippen LogP contribution in [0, 0.1) is 12.8 Å². The highest BCUT2D eigenvalue weighted by Crippen LogP contribution is 2.18. The number of sulfonamides is 1. The highest BCUT2D eigenvalue weighted by molar-refractivity contribution is 7.89. The Hall–Kier alpha value is -1.45. The molecule has 0 bridgehead atoms. The Bertz CT molecular complexity index is 668. The Labute approximate surface area is 136 Å². The molecule has 1 aliphatic heterocycles. The van der Waals surface area contributed by atoms with Gasteiger partial charge in [-0.1, -0.05) is 0 Å². The van der Waals surface area contributed by atoms with E-state index in [4.69, 9.17) is 4.74 Å². The van der Waals surface area contributed by atoms with Crippen molar-refractivity contribution in [1.29, 1.82) is 0 Å². The fourth-order valence-corrected chi connectivity index (χ4v) is 3.72. The summed E-state index contributed by atoms with van der Waals surface area (Å²) in [5.74, 6) is -0.558. The first-order chi connectivity index (χ1) is 10.7. The van der Waals surface area contributed by atoms with Crippen LogP contribution >= 0.6 is 0 Å². The Kier molecular flexibility index (Phi) is 5.43. The molecule has 2 heterocycles. The molecule has 0 aromatic carbocycles.